The van der Waals surface area contributed by atoms with Crippen molar-refractivity contribution < 1.29 is 0 Å². The minimum atomic E-state index is 0.771. The number of unbranched alkanes of at least 4 members (excludes halogenated alkanes) is 1. The van der Waals surface area contributed by atoms with E-state index >= 15 is 0 Å². The van der Waals surface area contributed by atoms with Crippen LogP contribution in [0.25, 0.3) is 0 Å². The van der Waals surface area contributed by atoms with Gasteiger partial charge in [-0.15, -0.1) is 0 Å². The monoisotopic (exact) mass is 245 g/mol. The summed E-state index contributed by atoms with van der Waals surface area (Å²) in [6.07, 6.45) is 9.52. The summed E-state index contributed by atoms with van der Waals surface area (Å²) in [6.45, 7) is 4.94. The summed E-state index contributed by atoms with van der Waals surface area (Å²) in [5.41, 5.74) is 1.50. The summed E-state index contributed by atoms with van der Waals surface area (Å²) in [5, 5.41) is 0. The van der Waals surface area contributed by atoms with Crippen molar-refractivity contribution in [1.29, 1.82) is 0 Å². The first-order valence-corrected chi connectivity index (χ1v) is 7.68. The Labute approximate surface area is 112 Å². The van der Waals surface area contributed by atoms with Crippen LogP contribution in [0.3, 0.4) is 0 Å². The largest absolute Gasteiger partial charge is 0.300 e. The first kappa shape index (κ1) is 13.6. The van der Waals surface area contributed by atoms with E-state index in [0.717, 1.165) is 6.04 Å². The van der Waals surface area contributed by atoms with Crippen LogP contribution in [-0.2, 0) is 6.42 Å². The second-order valence-corrected chi connectivity index (χ2v) is 5.58. The average molecular weight is 245 g/mol. The molecule has 1 aliphatic rings. The number of nitrogens with zero attached hydrogens (tertiary/aromatic N) is 1. The summed E-state index contributed by atoms with van der Waals surface area (Å²) >= 11 is 0. The number of hydrogen-bond acceptors (Lipinski definition) is 1. The SMILES string of the molecule is CCCCC(Cc1ccccc1)N1CCCCC1. The van der Waals surface area contributed by atoms with E-state index in [-0.39, 0.29) is 0 Å². The fourth-order valence-electron chi connectivity index (χ4n) is 3.02. The highest BCUT2D eigenvalue weighted by atomic mass is 15.2. The predicted molar refractivity (Wildman–Crippen MR) is 78.9 cm³/mol. The minimum Gasteiger partial charge on any atom is -0.300 e. The highest BCUT2D eigenvalue weighted by Crippen LogP contribution is 2.19. The van der Waals surface area contributed by atoms with Crippen LogP contribution >= 0.6 is 0 Å². The molecule has 0 aliphatic carbocycles. The topological polar surface area (TPSA) is 3.24 Å². The molecule has 1 aromatic rings. The van der Waals surface area contributed by atoms with Gasteiger partial charge in [0.05, 0.1) is 0 Å². The molecule has 1 heteroatoms. The lowest BCUT2D eigenvalue weighted by Crippen LogP contribution is -2.40. The molecule has 0 aromatic heterocycles. The van der Waals surface area contributed by atoms with Gasteiger partial charge in [-0.3, -0.25) is 0 Å². The van der Waals surface area contributed by atoms with Gasteiger partial charge in [-0.05, 0) is 44.3 Å². The molecule has 0 radical (unpaired) electrons. The van der Waals surface area contributed by atoms with Gasteiger partial charge in [0.2, 0.25) is 0 Å². The quantitative estimate of drug-likeness (QED) is 0.723. The Kier molecular flexibility index (Phi) is 5.73. The maximum Gasteiger partial charge on any atom is 0.0136 e. The van der Waals surface area contributed by atoms with Crippen LogP contribution in [-0.4, -0.2) is 24.0 Å². The molecule has 1 unspecified atom stereocenters. The summed E-state index contributed by atoms with van der Waals surface area (Å²) in [5.74, 6) is 0. The van der Waals surface area contributed by atoms with E-state index in [1.165, 1.54) is 63.6 Å². The molecule has 0 amide bonds. The van der Waals surface area contributed by atoms with Gasteiger partial charge >= 0.3 is 0 Å². The van der Waals surface area contributed by atoms with Crippen molar-refractivity contribution in [2.75, 3.05) is 13.1 Å². The second-order valence-electron chi connectivity index (χ2n) is 5.58. The number of hydrogen-bond donors (Lipinski definition) is 0. The van der Waals surface area contributed by atoms with Crippen LogP contribution in [0.2, 0.25) is 0 Å². The van der Waals surface area contributed by atoms with Crippen molar-refractivity contribution in [3.63, 3.8) is 0 Å². The van der Waals surface area contributed by atoms with Crippen LogP contribution in [0.5, 0.6) is 0 Å². The van der Waals surface area contributed by atoms with E-state index in [0.29, 0.717) is 0 Å². The first-order chi connectivity index (χ1) is 8.90. The molecular weight excluding hydrogens is 218 g/mol. The molecule has 0 saturated carbocycles. The van der Waals surface area contributed by atoms with Crippen LogP contribution in [0.1, 0.15) is 51.0 Å². The number of likely N-dealkylation sites (tertiary alicyclic amines) is 1. The normalized spacial score (nSPS) is 18.7. The van der Waals surface area contributed by atoms with Crippen LogP contribution in [0.15, 0.2) is 30.3 Å². The lowest BCUT2D eigenvalue weighted by molar-refractivity contribution is 0.152. The summed E-state index contributed by atoms with van der Waals surface area (Å²) < 4.78 is 0. The lowest BCUT2D eigenvalue weighted by Gasteiger charge is -2.35. The average Bonchev–Trinajstić information content (AvgIpc) is 2.45. The molecule has 1 heterocycles. The van der Waals surface area contributed by atoms with Crippen molar-refractivity contribution in [1.82, 2.24) is 4.90 Å². The molecule has 1 saturated heterocycles. The fourth-order valence-corrected chi connectivity index (χ4v) is 3.02. The van der Waals surface area contributed by atoms with Gasteiger partial charge in [-0.1, -0.05) is 56.5 Å². The zero-order valence-corrected chi connectivity index (χ0v) is 11.8. The van der Waals surface area contributed by atoms with E-state index < -0.39 is 0 Å². The molecule has 0 spiro atoms. The smallest absolute Gasteiger partial charge is 0.0136 e. The van der Waals surface area contributed by atoms with E-state index in [4.69, 9.17) is 0 Å². The maximum atomic E-state index is 2.74. The highest BCUT2D eigenvalue weighted by molar-refractivity contribution is 5.16. The zero-order chi connectivity index (χ0) is 12.6. The van der Waals surface area contributed by atoms with Gasteiger partial charge in [0.25, 0.3) is 0 Å². The summed E-state index contributed by atoms with van der Waals surface area (Å²) in [7, 11) is 0. The standard InChI is InChI=1S/C17H27N/c1-2-3-12-17(18-13-8-5-9-14-18)15-16-10-6-4-7-11-16/h4,6-7,10-11,17H,2-3,5,8-9,12-15H2,1H3. The predicted octanol–water partition coefficient (Wildman–Crippen LogP) is 4.27. The Balaban J connectivity index is 1.95. The molecule has 1 aliphatic heterocycles. The molecule has 1 nitrogen and oxygen atoms in total. The third-order valence-electron chi connectivity index (χ3n) is 4.11. The Morgan fingerprint density at radius 2 is 1.78 bits per heavy atom. The lowest BCUT2D eigenvalue weighted by atomic mass is 9.97. The number of benzene rings is 1. The number of rotatable bonds is 6. The van der Waals surface area contributed by atoms with Crippen molar-refractivity contribution in [2.45, 2.75) is 57.9 Å². The van der Waals surface area contributed by atoms with Gasteiger partial charge in [0.1, 0.15) is 0 Å². The first-order valence-electron chi connectivity index (χ1n) is 7.68. The highest BCUT2D eigenvalue weighted by Gasteiger charge is 2.20. The van der Waals surface area contributed by atoms with Crippen molar-refractivity contribution in [3.8, 4) is 0 Å². The van der Waals surface area contributed by atoms with E-state index in [1.54, 1.807) is 0 Å². The molecule has 100 valence electrons. The molecule has 0 bridgehead atoms. The van der Waals surface area contributed by atoms with Crippen LogP contribution < -0.4 is 0 Å². The second kappa shape index (κ2) is 7.58. The van der Waals surface area contributed by atoms with Gasteiger partial charge in [-0.2, -0.15) is 0 Å². The molecule has 0 N–H and O–H groups in total. The minimum absolute atomic E-state index is 0.771. The third-order valence-corrected chi connectivity index (χ3v) is 4.11. The zero-order valence-electron chi connectivity index (χ0n) is 11.8. The Hall–Kier alpha value is -0.820. The molecule has 18 heavy (non-hydrogen) atoms. The van der Waals surface area contributed by atoms with Gasteiger partial charge < -0.3 is 4.90 Å². The van der Waals surface area contributed by atoms with Gasteiger partial charge in [-0.25, -0.2) is 0 Å². The number of piperidine rings is 1. The molecule has 1 atom stereocenters. The summed E-state index contributed by atoms with van der Waals surface area (Å²) in [4.78, 5) is 2.74. The van der Waals surface area contributed by atoms with Crippen molar-refractivity contribution in [2.24, 2.45) is 0 Å². The molecule has 1 fully saturated rings. The Morgan fingerprint density at radius 1 is 1.06 bits per heavy atom. The summed E-state index contributed by atoms with van der Waals surface area (Å²) in [6, 6.07) is 11.8. The maximum absolute atomic E-state index is 2.74. The van der Waals surface area contributed by atoms with E-state index in [9.17, 15) is 0 Å². The van der Waals surface area contributed by atoms with Crippen LogP contribution in [0, 0.1) is 0 Å². The Bertz CT molecular complexity index is 314. The van der Waals surface area contributed by atoms with E-state index in [2.05, 4.69) is 42.2 Å². The van der Waals surface area contributed by atoms with Gasteiger partial charge in [0, 0.05) is 6.04 Å². The van der Waals surface area contributed by atoms with Gasteiger partial charge in [0.15, 0.2) is 0 Å². The van der Waals surface area contributed by atoms with E-state index in [1.807, 2.05) is 0 Å². The molecule has 2 rings (SSSR count). The third kappa shape index (κ3) is 4.13. The molecular formula is C17H27N. The fraction of sp³-hybridized carbons (Fsp3) is 0.647. The Morgan fingerprint density at radius 3 is 2.44 bits per heavy atom. The van der Waals surface area contributed by atoms with Crippen LogP contribution in [0.4, 0.5) is 0 Å². The molecule has 1 aromatic carbocycles. The van der Waals surface area contributed by atoms with Crippen molar-refractivity contribution >= 4 is 0 Å². The van der Waals surface area contributed by atoms with Crippen molar-refractivity contribution in [3.05, 3.63) is 35.9 Å².